The van der Waals surface area contributed by atoms with Gasteiger partial charge in [0.1, 0.15) is 11.5 Å². The van der Waals surface area contributed by atoms with Gasteiger partial charge in [0.25, 0.3) is 5.91 Å². The van der Waals surface area contributed by atoms with Crippen LogP contribution in [0.3, 0.4) is 0 Å². The zero-order valence-corrected chi connectivity index (χ0v) is 14.6. The molecule has 26 heavy (non-hydrogen) atoms. The first-order valence-corrected chi connectivity index (χ1v) is 8.21. The molecule has 0 bridgehead atoms. The summed E-state index contributed by atoms with van der Waals surface area (Å²) in [7, 11) is 0. The van der Waals surface area contributed by atoms with Crippen molar-refractivity contribution < 1.29 is 18.8 Å². The first-order chi connectivity index (χ1) is 12.7. The maximum absolute atomic E-state index is 12.6. The number of anilines is 1. The molecule has 0 spiro atoms. The number of nitrogens with one attached hydrogen (secondary N) is 1. The van der Waals surface area contributed by atoms with E-state index in [2.05, 4.69) is 15.5 Å². The summed E-state index contributed by atoms with van der Waals surface area (Å²) in [4.78, 5) is 16.7. The van der Waals surface area contributed by atoms with Gasteiger partial charge in [-0.05, 0) is 43.3 Å². The Morgan fingerprint density at radius 1 is 1.12 bits per heavy atom. The minimum Gasteiger partial charge on any atom is -0.494 e. The first kappa shape index (κ1) is 17.5. The molecule has 0 aliphatic heterocycles. The van der Waals surface area contributed by atoms with Gasteiger partial charge in [-0.1, -0.05) is 17.3 Å². The topological polar surface area (TPSA) is 86.5 Å². The summed E-state index contributed by atoms with van der Waals surface area (Å²) in [5.41, 5.74) is 1.09. The number of benzene rings is 2. The molecule has 7 nitrogen and oxygen atoms in total. The summed E-state index contributed by atoms with van der Waals surface area (Å²) in [6.45, 7) is 4.33. The van der Waals surface area contributed by atoms with Crippen molar-refractivity contribution in [3.63, 3.8) is 0 Å². The standard InChI is InChI=1S/C19H19N3O4/c1-3-24-15-10-8-14(9-11-15)21-19(23)16-6-4-5-7-17(16)25-12-18-20-13(2)26-22-18/h4-11H,3,12H2,1-2H3,(H,21,23). The third-order valence-electron chi connectivity index (χ3n) is 3.48. The molecule has 0 saturated carbocycles. The maximum Gasteiger partial charge on any atom is 0.259 e. The lowest BCUT2D eigenvalue weighted by molar-refractivity contribution is 0.102. The number of hydrogen-bond acceptors (Lipinski definition) is 6. The lowest BCUT2D eigenvalue weighted by atomic mass is 10.2. The zero-order chi connectivity index (χ0) is 18.4. The van der Waals surface area contributed by atoms with Crippen LogP contribution in [-0.2, 0) is 6.61 Å². The highest BCUT2D eigenvalue weighted by Crippen LogP contribution is 2.22. The van der Waals surface area contributed by atoms with Crippen LogP contribution < -0.4 is 14.8 Å². The number of aromatic nitrogens is 2. The van der Waals surface area contributed by atoms with Gasteiger partial charge in [-0.2, -0.15) is 4.98 Å². The van der Waals surface area contributed by atoms with Crippen LogP contribution in [-0.4, -0.2) is 22.7 Å². The molecule has 0 atom stereocenters. The van der Waals surface area contributed by atoms with Crippen LogP contribution in [0.5, 0.6) is 11.5 Å². The van der Waals surface area contributed by atoms with E-state index < -0.39 is 0 Å². The number of para-hydroxylation sites is 1. The van der Waals surface area contributed by atoms with E-state index in [1.807, 2.05) is 6.92 Å². The fourth-order valence-corrected chi connectivity index (χ4v) is 2.32. The number of amides is 1. The molecule has 2 aromatic carbocycles. The lowest BCUT2D eigenvalue weighted by Gasteiger charge is -2.11. The van der Waals surface area contributed by atoms with Crippen molar-refractivity contribution in [1.82, 2.24) is 10.1 Å². The Morgan fingerprint density at radius 2 is 1.88 bits per heavy atom. The van der Waals surface area contributed by atoms with Gasteiger partial charge in [0.2, 0.25) is 11.7 Å². The first-order valence-electron chi connectivity index (χ1n) is 8.21. The van der Waals surface area contributed by atoms with E-state index in [0.29, 0.717) is 35.3 Å². The molecule has 134 valence electrons. The molecular weight excluding hydrogens is 334 g/mol. The highest BCUT2D eigenvalue weighted by Gasteiger charge is 2.13. The summed E-state index contributed by atoms with van der Waals surface area (Å²) in [6, 6.07) is 14.2. The molecule has 0 unspecified atom stereocenters. The molecule has 0 fully saturated rings. The molecule has 1 amide bonds. The fourth-order valence-electron chi connectivity index (χ4n) is 2.32. The van der Waals surface area contributed by atoms with Gasteiger partial charge >= 0.3 is 0 Å². The van der Waals surface area contributed by atoms with Crippen molar-refractivity contribution >= 4 is 11.6 Å². The lowest BCUT2D eigenvalue weighted by Crippen LogP contribution is -2.13. The number of ether oxygens (including phenoxy) is 2. The third-order valence-corrected chi connectivity index (χ3v) is 3.48. The maximum atomic E-state index is 12.6. The molecule has 7 heteroatoms. The van der Waals surface area contributed by atoms with E-state index >= 15 is 0 Å². The van der Waals surface area contributed by atoms with Gasteiger partial charge in [0.15, 0.2) is 6.61 Å². The average molecular weight is 353 g/mol. The van der Waals surface area contributed by atoms with Crippen LogP contribution in [0.1, 0.15) is 29.0 Å². The van der Waals surface area contributed by atoms with Crippen molar-refractivity contribution in [2.75, 3.05) is 11.9 Å². The van der Waals surface area contributed by atoms with Crippen LogP contribution in [0.25, 0.3) is 0 Å². The second-order valence-corrected chi connectivity index (χ2v) is 5.43. The number of nitrogens with zero attached hydrogens (tertiary/aromatic N) is 2. The Hall–Kier alpha value is -3.35. The van der Waals surface area contributed by atoms with Crippen molar-refractivity contribution in [3.8, 4) is 11.5 Å². The summed E-state index contributed by atoms with van der Waals surface area (Å²) in [5.74, 6) is 1.81. The van der Waals surface area contributed by atoms with Crippen molar-refractivity contribution in [2.45, 2.75) is 20.5 Å². The summed E-state index contributed by atoms with van der Waals surface area (Å²) in [6.07, 6.45) is 0. The van der Waals surface area contributed by atoms with Crippen molar-refractivity contribution in [1.29, 1.82) is 0 Å². The second kappa shape index (κ2) is 8.15. The molecule has 0 aliphatic carbocycles. The predicted octanol–water partition coefficient (Wildman–Crippen LogP) is 3.61. The summed E-state index contributed by atoms with van der Waals surface area (Å²) < 4.78 is 16.0. The largest absolute Gasteiger partial charge is 0.494 e. The van der Waals surface area contributed by atoms with Crippen LogP contribution in [0.4, 0.5) is 5.69 Å². The molecule has 0 saturated heterocycles. The van der Waals surface area contributed by atoms with Crippen LogP contribution in [0.15, 0.2) is 53.1 Å². The number of carbonyl (C=O) groups is 1. The number of aryl methyl sites for hydroxylation is 1. The molecule has 3 rings (SSSR count). The molecule has 3 aromatic rings. The van der Waals surface area contributed by atoms with Crippen LogP contribution in [0.2, 0.25) is 0 Å². The highest BCUT2D eigenvalue weighted by atomic mass is 16.5. The Morgan fingerprint density at radius 3 is 2.58 bits per heavy atom. The summed E-state index contributed by atoms with van der Waals surface area (Å²) in [5, 5.41) is 6.62. The smallest absolute Gasteiger partial charge is 0.259 e. The van der Waals surface area contributed by atoms with Gasteiger partial charge in [-0.15, -0.1) is 0 Å². The fraction of sp³-hybridized carbons (Fsp3) is 0.211. The van der Waals surface area contributed by atoms with Crippen LogP contribution >= 0.6 is 0 Å². The van der Waals surface area contributed by atoms with Crippen molar-refractivity contribution in [2.24, 2.45) is 0 Å². The van der Waals surface area contributed by atoms with E-state index in [-0.39, 0.29) is 12.5 Å². The monoisotopic (exact) mass is 353 g/mol. The Labute approximate surface area is 150 Å². The van der Waals surface area contributed by atoms with E-state index in [0.717, 1.165) is 5.75 Å². The molecule has 0 radical (unpaired) electrons. The quantitative estimate of drug-likeness (QED) is 0.698. The zero-order valence-electron chi connectivity index (χ0n) is 14.6. The SMILES string of the molecule is CCOc1ccc(NC(=O)c2ccccc2OCc2noc(C)n2)cc1. The summed E-state index contributed by atoms with van der Waals surface area (Å²) >= 11 is 0. The molecule has 0 aliphatic rings. The molecule has 1 aromatic heterocycles. The number of carbonyl (C=O) groups excluding carboxylic acids is 1. The van der Waals surface area contributed by atoms with E-state index in [1.165, 1.54) is 0 Å². The number of hydrogen-bond donors (Lipinski definition) is 1. The molecular formula is C19H19N3O4. The van der Waals surface area contributed by atoms with E-state index in [4.69, 9.17) is 14.0 Å². The van der Waals surface area contributed by atoms with Crippen LogP contribution in [0, 0.1) is 6.92 Å². The Kier molecular flexibility index (Phi) is 5.48. The Bertz CT molecular complexity index is 875. The van der Waals surface area contributed by atoms with Gasteiger partial charge in [0.05, 0.1) is 12.2 Å². The van der Waals surface area contributed by atoms with E-state index in [9.17, 15) is 4.79 Å². The average Bonchev–Trinajstić information content (AvgIpc) is 3.07. The molecule has 1 heterocycles. The molecule has 1 N–H and O–H groups in total. The minimum absolute atomic E-state index is 0.116. The Balaban J connectivity index is 1.68. The minimum atomic E-state index is -0.269. The van der Waals surface area contributed by atoms with Gasteiger partial charge in [-0.25, -0.2) is 0 Å². The highest BCUT2D eigenvalue weighted by molar-refractivity contribution is 6.06. The van der Waals surface area contributed by atoms with Crippen molar-refractivity contribution in [3.05, 3.63) is 65.8 Å². The van der Waals surface area contributed by atoms with E-state index in [1.54, 1.807) is 55.5 Å². The predicted molar refractivity (Wildman–Crippen MR) is 95.4 cm³/mol. The van der Waals surface area contributed by atoms with Gasteiger partial charge in [-0.3, -0.25) is 4.79 Å². The van der Waals surface area contributed by atoms with Gasteiger partial charge in [0, 0.05) is 12.6 Å². The number of rotatable bonds is 7. The second-order valence-electron chi connectivity index (χ2n) is 5.43. The normalized spacial score (nSPS) is 10.4. The van der Waals surface area contributed by atoms with Gasteiger partial charge < -0.3 is 19.3 Å². The third kappa shape index (κ3) is 4.38.